The normalized spacial score (nSPS) is 13.1. The third-order valence-corrected chi connectivity index (χ3v) is 4.47. The van der Waals surface area contributed by atoms with Crippen LogP contribution in [0.15, 0.2) is 35.5 Å². The number of nitrogens with one attached hydrogen (secondary N) is 1. The maximum Gasteiger partial charge on any atom is 0.280 e. The number of anilines is 1. The van der Waals surface area contributed by atoms with Gasteiger partial charge >= 0.3 is 0 Å². The number of hydrogen-bond acceptors (Lipinski definition) is 4. The van der Waals surface area contributed by atoms with Gasteiger partial charge in [-0.2, -0.15) is 8.42 Å². The number of hydrogen-bond donors (Lipinski definition) is 2. The van der Waals surface area contributed by atoms with Crippen molar-refractivity contribution in [2.75, 3.05) is 4.72 Å². The maximum absolute atomic E-state index is 12.3. The van der Waals surface area contributed by atoms with Crippen LogP contribution in [0.4, 0.5) is 5.69 Å². The molecule has 0 aliphatic heterocycles. The Kier molecular flexibility index (Phi) is 4.34. The summed E-state index contributed by atoms with van der Waals surface area (Å²) in [7, 11) is -3.70. The summed E-state index contributed by atoms with van der Waals surface area (Å²) in [5.74, 6) is 0.655. The lowest BCUT2D eigenvalue weighted by Gasteiger charge is -2.08. The van der Waals surface area contributed by atoms with E-state index >= 15 is 0 Å². The van der Waals surface area contributed by atoms with E-state index in [1.54, 1.807) is 42.7 Å². The quantitative estimate of drug-likeness (QED) is 0.885. The molecule has 7 heteroatoms. The van der Waals surface area contributed by atoms with Crippen LogP contribution in [0.2, 0.25) is 0 Å². The number of sulfonamides is 1. The van der Waals surface area contributed by atoms with Crippen LogP contribution in [-0.4, -0.2) is 23.1 Å². The Hall–Kier alpha value is -1.86. The fourth-order valence-electron chi connectivity index (χ4n) is 1.97. The molecule has 0 aliphatic rings. The van der Waals surface area contributed by atoms with E-state index < -0.39 is 16.1 Å². The van der Waals surface area contributed by atoms with Gasteiger partial charge < -0.3 is 9.67 Å². The van der Waals surface area contributed by atoms with Crippen molar-refractivity contribution in [3.63, 3.8) is 0 Å². The lowest BCUT2D eigenvalue weighted by atomic mass is 10.1. The molecule has 114 valence electrons. The fourth-order valence-corrected chi connectivity index (χ4v) is 3.04. The van der Waals surface area contributed by atoms with Crippen molar-refractivity contribution in [2.24, 2.45) is 0 Å². The van der Waals surface area contributed by atoms with Crippen molar-refractivity contribution < 1.29 is 13.5 Å². The number of aliphatic hydroxyl groups excluding tert-OH is 1. The number of nitrogens with zero attached hydrogens (tertiary/aromatic N) is 2. The molecule has 0 saturated carbocycles. The second kappa shape index (κ2) is 5.87. The highest BCUT2D eigenvalue weighted by Crippen LogP contribution is 2.19. The molecule has 2 N–H and O–H groups in total. The van der Waals surface area contributed by atoms with Gasteiger partial charge in [0, 0.05) is 18.4 Å². The summed E-state index contributed by atoms with van der Waals surface area (Å²) in [5, 5.41) is 9.44. The van der Waals surface area contributed by atoms with Gasteiger partial charge in [0.15, 0.2) is 5.03 Å². The summed E-state index contributed by atoms with van der Waals surface area (Å²) < 4.78 is 28.8. The predicted molar refractivity (Wildman–Crippen MR) is 80.5 cm³/mol. The molecule has 0 bridgehead atoms. The summed E-state index contributed by atoms with van der Waals surface area (Å²) in [5.41, 5.74) is 1.16. The molecule has 1 heterocycles. The van der Waals surface area contributed by atoms with Gasteiger partial charge in [-0.15, -0.1) is 0 Å². The highest BCUT2D eigenvalue weighted by molar-refractivity contribution is 7.92. The Balaban J connectivity index is 2.24. The van der Waals surface area contributed by atoms with Crippen molar-refractivity contribution in [3.8, 4) is 0 Å². The molecular weight excluding hydrogens is 290 g/mol. The zero-order valence-electron chi connectivity index (χ0n) is 12.2. The first-order chi connectivity index (χ1) is 9.83. The minimum Gasteiger partial charge on any atom is -0.389 e. The molecule has 2 aromatic rings. The third kappa shape index (κ3) is 3.43. The van der Waals surface area contributed by atoms with Gasteiger partial charge in [0.05, 0.1) is 6.10 Å². The number of imidazole rings is 1. The highest BCUT2D eigenvalue weighted by atomic mass is 32.2. The first-order valence-electron chi connectivity index (χ1n) is 6.68. The predicted octanol–water partition coefficient (Wildman–Crippen LogP) is 2.07. The number of rotatable bonds is 5. The lowest BCUT2D eigenvalue weighted by Crippen LogP contribution is -2.13. The second-order valence-electron chi connectivity index (χ2n) is 4.82. The number of aryl methyl sites for hydroxylation is 2. The van der Waals surface area contributed by atoms with Gasteiger partial charge in [-0.25, -0.2) is 4.98 Å². The molecule has 0 saturated heterocycles. The smallest absolute Gasteiger partial charge is 0.280 e. The first-order valence-corrected chi connectivity index (χ1v) is 8.16. The largest absolute Gasteiger partial charge is 0.389 e. The highest BCUT2D eigenvalue weighted by Gasteiger charge is 2.19. The fraction of sp³-hybridized carbons (Fsp3) is 0.357. The Bertz CT molecular complexity index is 718. The summed E-state index contributed by atoms with van der Waals surface area (Å²) >= 11 is 0. The average Bonchev–Trinajstić information content (AvgIpc) is 2.81. The van der Waals surface area contributed by atoms with Crippen molar-refractivity contribution >= 4 is 15.7 Å². The van der Waals surface area contributed by atoms with E-state index in [1.807, 2.05) is 6.92 Å². The summed E-state index contributed by atoms with van der Waals surface area (Å²) in [6.07, 6.45) is 0.931. The molecule has 0 fully saturated rings. The SMILES string of the molecule is CCn1cc(S(=O)(=O)Nc2ccc(C(C)O)cc2)nc1C. The number of benzene rings is 1. The molecule has 1 unspecified atom stereocenters. The van der Waals surface area contributed by atoms with Crippen molar-refractivity contribution in [1.82, 2.24) is 9.55 Å². The zero-order chi connectivity index (χ0) is 15.6. The molecule has 1 aromatic carbocycles. The van der Waals surface area contributed by atoms with Crippen molar-refractivity contribution in [2.45, 2.75) is 38.4 Å². The number of aliphatic hydroxyl groups is 1. The monoisotopic (exact) mass is 309 g/mol. The molecular formula is C14H19N3O3S. The zero-order valence-corrected chi connectivity index (χ0v) is 13.1. The standard InChI is InChI=1S/C14H19N3O3S/c1-4-17-9-14(15-11(17)3)21(19,20)16-13-7-5-12(6-8-13)10(2)18/h5-10,16,18H,4H2,1-3H3. The minimum atomic E-state index is -3.70. The molecule has 0 radical (unpaired) electrons. The topological polar surface area (TPSA) is 84.2 Å². The second-order valence-corrected chi connectivity index (χ2v) is 6.45. The van der Waals surface area contributed by atoms with Gasteiger partial charge in [-0.1, -0.05) is 12.1 Å². The lowest BCUT2D eigenvalue weighted by molar-refractivity contribution is 0.199. The molecule has 0 aliphatic carbocycles. The van der Waals surface area contributed by atoms with Crippen LogP contribution in [-0.2, 0) is 16.6 Å². The van der Waals surface area contributed by atoms with Crippen LogP contribution in [0.1, 0.15) is 31.3 Å². The molecule has 0 amide bonds. The molecule has 1 atom stereocenters. The van der Waals surface area contributed by atoms with Crippen molar-refractivity contribution in [1.29, 1.82) is 0 Å². The van der Waals surface area contributed by atoms with Gasteiger partial charge in [-0.05, 0) is 38.5 Å². The van der Waals surface area contributed by atoms with Crippen LogP contribution in [0, 0.1) is 6.92 Å². The summed E-state index contributed by atoms with van der Waals surface area (Å²) in [4.78, 5) is 4.07. The molecule has 2 rings (SSSR count). The number of aromatic nitrogens is 2. The Morgan fingerprint density at radius 3 is 2.43 bits per heavy atom. The van der Waals surface area contributed by atoms with Gasteiger partial charge in [-0.3, -0.25) is 4.72 Å². The summed E-state index contributed by atoms with van der Waals surface area (Å²) in [6.45, 7) is 6.00. The van der Waals surface area contributed by atoms with E-state index in [-0.39, 0.29) is 5.03 Å². The van der Waals surface area contributed by atoms with E-state index in [0.29, 0.717) is 18.1 Å². The van der Waals surface area contributed by atoms with Gasteiger partial charge in [0.2, 0.25) is 0 Å². The van der Waals surface area contributed by atoms with E-state index in [9.17, 15) is 13.5 Å². The molecule has 0 spiro atoms. The van der Waals surface area contributed by atoms with E-state index in [4.69, 9.17) is 0 Å². The maximum atomic E-state index is 12.3. The van der Waals surface area contributed by atoms with Gasteiger partial charge in [0.1, 0.15) is 5.82 Å². The van der Waals surface area contributed by atoms with Crippen LogP contribution in [0.25, 0.3) is 0 Å². The third-order valence-electron chi connectivity index (χ3n) is 3.22. The van der Waals surface area contributed by atoms with E-state index in [0.717, 1.165) is 5.56 Å². The Labute approximate surface area is 124 Å². The molecule has 6 nitrogen and oxygen atoms in total. The molecule has 21 heavy (non-hydrogen) atoms. The summed E-state index contributed by atoms with van der Waals surface area (Å²) in [6, 6.07) is 6.59. The molecule has 1 aromatic heterocycles. The first kappa shape index (κ1) is 15.5. The van der Waals surface area contributed by atoms with Crippen molar-refractivity contribution in [3.05, 3.63) is 41.9 Å². The van der Waals surface area contributed by atoms with E-state index in [1.165, 1.54) is 6.20 Å². The minimum absolute atomic E-state index is 0.00135. The van der Waals surface area contributed by atoms with E-state index in [2.05, 4.69) is 9.71 Å². The average molecular weight is 309 g/mol. The van der Waals surface area contributed by atoms with Crippen LogP contribution in [0.3, 0.4) is 0 Å². The Morgan fingerprint density at radius 1 is 1.33 bits per heavy atom. The van der Waals surface area contributed by atoms with Crippen LogP contribution in [0.5, 0.6) is 0 Å². The van der Waals surface area contributed by atoms with Crippen LogP contribution < -0.4 is 4.72 Å². The van der Waals surface area contributed by atoms with Crippen LogP contribution >= 0.6 is 0 Å². The Morgan fingerprint density at radius 2 is 1.95 bits per heavy atom. The van der Waals surface area contributed by atoms with Gasteiger partial charge in [0.25, 0.3) is 10.0 Å².